The van der Waals surface area contributed by atoms with Gasteiger partial charge in [0.15, 0.2) is 5.82 Å². The zero-order chi connectivity index (χ0) is 12.5. The van der Waals surface area contributed by atoms with Gasteiger partial charge >= 0.3 is 0 Å². The number of hydrogen-bond donors (Lipinski definition) is 2. The van der Waals surface area contributed by atoms with E-state index >= 15 is 0 Å². The second-order valence-electron chi connectivity index (χ2n) is 5.65. The van der Waals surface area contributed by atoms with Gasteiger partial charge < -0.3 is 11.1 Å². The summed E-state index contributed by atoms with van der Waals surface area (Å²) in [7, 11) is 0. The fourth-order valence-electron chi connectivity index (χ4n) is 2.30. The lowest BCUT2D eigenvalue weighted by atomic mass is 9.75. The van der Waals surface area contributed by atoms with Crippen LogP contribution in [0.1, 0.15) is 39.5 Å². The molecule has 94 valence electrons. The van der Waals surface area contributed by atoms with Crippen molar-refractivity contribution in [1.82, 2.24) is 4.98 Å². The number of aromatic nitrogens is 1. The van der Waals surface area contributed by atoms with Crippen LogP contribution in [0.25, 0.3) is 0 Å². The third-order valence-corrected chi connectivity index (χ3v) is 3.78. The van der Waals surface area contributed by atoms with Gasteiger partial charge in [0.05, 0.1) is 5.69 Å². The Bertz CT molecular complexity index is 394. The first kappa shape index (κ1) is 12.5. The maximum atomic E-state index is 5.88. The zero-order valence-electron chi connectivity index (χ0n) is 10.5. The van der Waals surface area contributed by atoms with E-state index in [9.17, 15) is 0 Å². The second-order valence-corrected chi connectivity index (χ2v) is 6.04. The van der Waals surface area contributed by atoms with Crippen LogP contribution in [0.15, 0.2) is 12.1 Å². The van der Waals surface area contributed by atoms with Gasteiger partial charge in [-0.2, -0.15) is 0 Å². The fourth-order valence-corrected chi connectivity index (χ4v) is 2.45. The molecule has 1 aromatic rings. The molecule has 3 N–H and O–H groups in total. The zero-order valence-corrected chi connectivity index (χ0v) is 11.2. The highest BCUT2D eigenvalue weighted by molar-refractivity contribution is 6.29. The molecule has 0 bridgehead atoms. The molecule has 4 heteroatoms. The largest absolute Gasteiger partial charge is 0.396 e. The fraction of sp³-hybridized carbons (Fsp3) is 0.615. The van der Waals surface area contributed by atoms with Crippen LogP contribution < -0.4 is 11.1 Å². The number of nitrogens with zero attached hydrogens (tertiary/aromatic N) is 1. The highest BCUT2D eigenvalue weighted by atomic mass is 35.5. The molecule has 1 aromatic heterocycles. The minimum atomic E-state index is 0.469. The van der Waals surface area contributed by atoms with E-state index in [1.807, 2.05) is 0 Å². The molecule has 0 amide bonds. The van der Waals surface area contributed by atoms with Crippen LogP contribution in [0.5, 0.6) is 0 Å². The van der Waals surface area contributed by atoms with E-state index in [0.717, 1.165) is 5.82 Å². The number of hydrogen-bond acceptors (Lipinski definition) is 3. The third-order valence-electron chi connectivity index (χ3n) is 3.57. The van der Waals surface area contributed by atoms with Gasteiger partial charge in [-0.25, -0.2) is 4.98 Å². The Labute approximate surface area is 108 Å². The lowest BCUT2D eigenvalue weighted by molar-refractivity contribution is 0.232. The molecule has 0 aromatic carbocycles. The second kappa shape index (κ2) is 4.73. The summed E-state index contributed by atoms with van der Waals surface area (Å²) in [5.41, 5.74) is 7.02. The summed E-state index contributed by atoms with van der Waals surface area (Å²) in [5.74, 6) is 0.724. The molecular formula is C13H20ClN3. The Kier molecular flexibility index (Phi) is 3.48. The van der Waals surface area contributed by atoms with Crippen LogP contribution in [0.3, 0.4) is 0 Å². The van der Waals surface area contributed by atoms with Crippen LogP contribution >= 0.6 is 11.6 Å². The van der Waals surface area contributed by atoms with Crippen molar-refractivity contribution >= 4 is 23.1 Å². The van der Waals surface area contributed by atoms with Gasteiger partial charge in [-0.05, 0) is 43.2 Å². The SMILES string of the molecule is CC1(C)CCC(Nc2nc(Cl)ccc2N)CC1. The molecule has 1 fully saturated rings. The summed E-state index contributed by atoms with van der Waals surface area (Å²) in [4.78, 5) is 4.23. The predicted molar refractivity (Wildman–Crippen MR) is 73.3 cm³/mol. The van der Waals surface area contributed by atoms with Crippen LogP contribution in [-0.2, 0) is 0 Å². The Balaban J connectivity index is 2.00. The van der Waals surface area contributed by atoms with Crippen molar-refractivity contribution in [3.63, 3.8) is 0 Å². The van der Waals surface area contributed by atoms with E-state index in [2.05, 4.69) is 24.1 Å². The van der Waals surface area contributed by atoms with Crippen molar-refractivity contribution in [1.29, 1.82) is 0 Å². The lowest BCUT2D eigenvalue weighted by Crippen LogP contribution is -2.30. The molecule has 0 aliphatic heterocycles. The van der Waals surface area contributed by atoms with Crippen molar-refractivity contribution < 1.29 is 0 Å². The molecule has 2 rings (SSSR count). The summed E-state index contributed by atoms with van der Waals surface area (Å²) >= 11 is 5.87. The van der Waals surface area contributed by atoms with E-state index < -0.39 is 0 Å². The average molecular weight is 254 g/mol. The summed E-state index contributed by atoms with van der Waals surface area (Å²) < 4.78 is 0. The first-order valence-electron chi connectivity index (χ1n) is 6.15. The van der Waals surface area contributed by atoms with Crippen LogP contribution in [0.2, 0.25) is 5.15 Å². The van der Waals surface area contributed by atoms with Crippen LogP contribution in [0.4, 0.5) is 11.5 Å². The van der Waals surface area contributed by atoms with Crippen LogP contribution in [0, 0.1) is 5.41 Å². The maximum Gasteiger partial charge on any atom is 0.151 e. The molecule has 1 aliphatic rings. The lowest BCUT2D eigenvalue weighted by Gasteiger charge is -2.35. The van der Waals surface area contributed by atoms with E-state index in [-0.39, 0.29) is 0 Å². The number of nitrogens with two attached hydrogens (primary N) is 1. The molecule has 0 radical (unpaired) electrons. The predicted octanol–water partition coefficient (Wildman–Crippen LogP) is 3.70. The molecule has 0 spiro atoms. The van der Waals surface area contributed by atoms with E-state index in [0.29, 0.717) is 22.3 Å². The molecule has 0 unspecified atom stereocenters. The molecular weight excluding hydrogens is 234 g/mol. The van der Waals surface area contributed by atoms with E-state index in [1.54, 1.807) is 12.1 Å². The van der Waals surface area contributed by atoms with Crippen molar-refractivity contribution in [3.8, 4) is 0 Å². The topological polar surface area (TPSA) is 50.9 Å². The minimum Gasteiger partial charge on any atom is -0.396 e. The quantitative estimate of drug-likeness (QED) is 0.791. The van der Waals surface area contributed by atoms with Gasteiger partial charge in [-0.1, -0.05) is 25.4 Å². The van der Waals surface area contributed by atoms with E-state index in [1.165, 1.54) is 25.7 Å². The summed E-state index contributed by atoms with van der Waals surface area (Å²) in [6, 6.07) is 3.98. The monoisotopic (exact) mass is 253 g/mol. The average Bonchev–Trinajstić information content (AvgIpc) is 2.26. The Morgan fingerprint density at radius 3 is 2.65 bits per heavy atom. The van der Waals surface area contributed by atoms with Gasteiger partial charge in [0.2, 0.25) is 0 Å². The smallest absolute Gasteiger partial charge is 0.151 e. The van der Waals surface area contributed by atoms with Gasteiger partial charge in [-0.3, -0.25) is 0 Å². The number of nitrogens with one attached hydrogen (secondary N) is 1. The maximum absolute atomic E-state index is 5.88. The molecule has 1 heterocycles. The Hall–Kier alpha value is -0.960. The van der Waals surface area contributed by atoms with Gasteiger partial charge in [-0.15, -0.1) is 0 Å². The van der Waals surface area contributed by atoms with Gasteiger partial charge in [0.25, 0.3) is 0 Å². The van der Waals surface area contributed by atoms with Gasteiger partial charge in [0, 0.05) is 6.04 Å². The van der Waals surface area contributed by atoms with Crippen molar-refractivity contribution in [2.24, 2.45) is 5.41 Å². The number of pyridine rings is 1. The Morgan fingerprint density at radius 1 is 1.35 bits per heavy atom. The highest BCUT2D eigenvalue weighted by Gasteiger charge is 2.27. The minimum absolute atomic E-state index is 0.469. The number of rotatable bonds is 2. The molecule has 1 saturated carbocycles. The first-order chi connectivity index (χ1) is 7.96. The Morgan fingerprint density at radius 2 is 2.00 bits per heavy atom. The molecule has 0 saturated heterocycles. The van der Waals surface area contributed by atoms with E-state index in [4.69, 9.17) is 17.3 Å². The van der Waals surface area contributed by atoms with Crippen molar-refractivity contribution in [3.05, 3.63) is 17.3 Å². The highest BCUT2D eigenvalue weighted by Crippen LogP contribution is 2.36. The first-order valence-corrected chi connectivity index (χ1v) is 6.53. The number of halogens is 1. The molecule has 3 nitrogen and oxygen atoms in total. The van der Waals surface area contributed by atoms with Gasteiger partial charge in [0.1, 0.15) is 5.15 Å². The summed E-state index contributed by atoms with van der Waals surface area (Å²) in [6.07, 6.45) is 4.82. The number of nitrogen functional groups attached to an aromatic ring is 1. The summed E-state index contributed by atoms with van der Waals surface area (Å²) in [5, 5.41) is 3.89. The van der Waals surface area contributed by atoms with Crippen molar-refractivity contribution in [2.45, 2.75) is 45.6 Å². The number of anilines is 2. The van der Waals surface area contributed by atoms with Crippen molar-refractivity contribution in [2.75, 3.05) is 11.1 Å². The summed E-state index contributed by atoms with van der Waals surface area (Å²) in [6.45, 7) is 4.66. The normalized spacial score (nSPS) is 20.2. The standard InChI is InChI=1S/C13H20ClN3/c1-13(2)7-5-9(6-8-13)16-12-10(15)3-4-11(14)17-12/h3-4,9H,5-8,15H2,1-2H3,(H,16,17). The molecule has 17 heavy (non-hydrogen) atoms. The third kappa shape index (κ3) is 3.25. The molecule has 0 atom stereocenters. The van der Waals surface area contributed by atoms with Crippen LogP contribution in [-0.4, -0.2) is 11.0 Å². The molecule has 1 aliphatic carbocycles.